The maximum atomic E-state index is 12.1. The highest BCUT2D eigenvalue weighted by atomic mass is 16.1. The lowest BCUT2D eigenvalue weighted by atomic mass is 10.2. The van der Waals surface area contributed by atoms with Crippen molar-refractivity contribution in [1.82, 2.24) is 10.3 Å². The molecule has 0 unspecified atom stereocenters. The van der Waals surface area contributed by atoms with E-state index in [1.165, 1.54) is 0 Å². The summed E-state index contributed by atoms with van der Waals surface area (Å²) in [5, 5.41) is 15.1. The number of carbonyl (C=O) groups is 1. The minimum atomic E-state index is -0.182. The quantitative estimate of drug-likeness (QED) is 0.766. The molecule has 0 fully saturated rings. The van der Waals surface area contributed by atoms with E-state index in [0.29, 0.717) is 23.5 Å². The first-order valence-electron chi connectivity index (χ1n) is 7.75. The Hall–Kier alpha value is -2.87. The van der Waals surface area contributed by atoms with E-state index in [1.807, 2.05) is 18.2 Å². The number of benzene rings is 1. The van der Waals surface area contributed by atoms with E-state index < -0.39 is 0 Å². The lowest BCUT2D eigenvalue weighted by Crippen LogP contribution is -2.25. The molecule has 0 aliphatic rings. The molecule has 0 aliphatic carbocycles. The number of amides is 1. The number of hydrogen-bond donors (Lipinski definition) is 2. The van der Waals surface area contributed by atoms with Crippen molar-refractivity contribution in [2.75, 3.05) is 11.9 Å². The number of unbranched alkanes of at least 4 members (excludes halogenated alkanes) is 2. The van der Waals surface area contributed by atoms with Gasteiger partial charge in [0.2, 0.25) is 0 Å². The second-order valence-corrected chi connectivity index (χ2v) is 5.18. The number of anilines is 2. The Bertz CT molecular complexity index is 706. The van der Waals surface area contributed by atoms with Gasteiger partial charge >= 0.3 is 0 Å². The van der Waals surface area contributed by atoms with Crippen LogP contribution >= 0.6 is 0 Å². The Kier molecular flexibility index (Phi) is 6.13. The lowest BCUT2D eigenvalue weighted by Gasteiger charge is -2.09. The van der Waals surface area contributed by atoms with Crippen LogP contribution in [-0.4, -0.2) is 17.4 Å². The van der Waals surface area contributed by atoms with Crippen molar-refractivity contribution >= 4 is 17.3 Å². The zero-order valence-corrected chi connectivity index (χ0v) is 13.2. The first-order valence-corrected chi connectivity index (χ1v) is 7.75. The average molecular weight is 308 g/mol. The van der Waals surface area contributed by atoms with Crippen molar-refractivity contribution in [2.24, 2.45) is 0 Å². The molecule has 1 amide bonds. The van der Waals surface area contributed by atoms with Gasteiger partial charge in [-0.05, 0) is 30.7 Å². The van der Waals surface area contributed by atoms with E-state index in [4.69, 9.17) is 5.26 Å². The van der Waals surface area contributed by atoms with Crippen LogP contribution in [0.25, 0.3) is 0 Å². The van der Waals surface area contributed by atoms with Gasteiger partial charge in [-0.2, -0.15) is 5.26 Å². The Morgan fingerprint density at radius 1 is 1.26 bits per heavy atom. The molecule has 0 spiro atoms. The van der Waals surface area contributed by atoms with Crippen LogP contribution in [0.5, 0.6) is 0 Å². The van der Waals surface area contributed by atoms with E-state index >= 15 is 0 Å². The predicted octanol–water partition coefficient (Wildman–Crippen LogP) is 3.62. The molecule has 0 saturated heterocycles. The molecule has 0 aliphatic heterocycles. The molecule has 118 valence electrons. The van der Waals surface area contributed by atoms with Crippen molar-refractivity contribution < 1.29 is 4.79 Å². The number of hydrogen-bond acceptors (Lipinski definition) is 4. The zero-order chi connectivity index (χ0) is 16.5. The molecule has 2 N–H and O–H groups in total. The summed E-state index contributed by atoms with van der Waals surface area (Å²) in [5.41, 5.74) is 2.34. The molecule has 5 nitrogen and oxygen atoms in total. The molecule has 1 aromatic carbocycles. The van der Waals surface area contributed by atoms with Crippen molar-refractivity contribution in [2.45, 2.75) is 26.2 Å². The highest BCUT2D eigenvalue weighted by Gasteiger charge is 2.08. The second kappa shape index (κ2) is 8.54. The number of nitrogens with one attached hydrogen (secondary N) is 2. The van der Waals surface area contributed by atoms with Gasteiger partial charge < -0.3 is 10.6 Å². The molecule has 2 aromatic rings. The van der Waals surface area contributed by atoms with Gasteiger partial charge in [0.25, 0.3) is 5.91 Å². The predicted molar refractivity (Wildman–Crippen MR) is 90.5 cm³/mol. The van der Waals surface area contributed by atoms with Crippen LogP contribution in [0.3, 0.4) is 0 Å². The number of nitrogens with zero attached hydrogens (tertiary/aromatic N) is 2. The van der Waals surface area contributed by atoms with E-state index in [2.05, 4.69) is 28.6 Å². The van der Waals surface area contributed by atoms with Gasteiger partial charge in [0.05, 0.1) is 11.3 Å². The highest BCUT2D eigenvalue weighted by Crippen LogP contribution is 2.20. The summed E-state index contributed by atoms with van der Waals surface area (Å²) in [4.78, 5) is 16.2. The van der Waals surface area contributed by atoms with E-state index in [1.54, 1.807) is 24.4 Å². The molecule has 1 heterocycles. The largest absolute Gasteiger partial charge is 0.354 e. The zero-order valence-electron chi connectivity index (χ0n) is 13.2. The summed E-state index contributed by atoms with van der Waals surface area (Å²) < 4.78 is 0. The number of carbonyl (C=O) groups excluding carboxylic acids is 1. The maximum Gasteiger partial charge on any atom is 0.269 e. The number of nitriles is 1. The molecule has 23 heavy (non-hydrogen) atoms. The van der Waals surface area contributed by atoms with E-state index in [0.717, 1.165) is 24.9 Å². The maximum absolute atomic E-state index is 12.1. The molecule has 0 atom stereocenters. The van der Waals surface area contributed by atoms with Crippen LogP contribution in [0.4, 0.5) is 11.4 Å². The normalized spacial score (nSPS) is 9.91. The summed E-state index contributed by atoms with van der Waals surface area (Å²) in [7, 11) is 0. The van der Waals surface area contributed by atoms with Gasteiger partial charge in [-0.25, -0.2) is 0 Å². The van der Waals surface area contributed by atoms with E-state index in [-0.39, 0.29) is 5.91 Å². The highest BCUT2D eigenvalue weighted by molar-refractivity contribution is 5.93. The van der Waals surface area contributed by atoms with Crippen molar-refractivity contribution in [3.05, 3.63) is 53.9 Å². The SMILES string of the molecule is CCCCCNC(=O)c1cc(Nc2ccccc2C#N)ccn1. The summed E-state index contributed by atoms with van der Waals surface area (Å²) in [6.45, 7) is 2.78. The number of para-hydroxylation sites is 1. The van der Waals surface area contributed by atoms with Crippen LogP contribution in [0.15, 0.2) is 42.6 Å². The smallest absolute Gasteiger partial charge is 0.269 e. The van der Waals surface area contributed by atoms with Crippen LogP contribution < -0.4 is 10.6 Å². The van der Waals surface area contributed by atoms with Crippen LogP contribution in [0.1, 0.15) is 42.2 Å². The average Bonchev–Trinajstić information content (AvgIpc) is 2.59. The molecule has 2 rings (SSSR count). The fourth-order valence-corrected chi connectivity index (χ4v) is 2.15. The third kappa shape index (κ3) is 4.82. The monoisotopic (exact) mass is 308 g/mol. The Morgan fingerprint density at radius 3 is 2.87 bits per heavy atom. The van der Waals surface area contributed by atoms with Crippen LogP contribution in [0, 0.1) is 11.3 Å². The van der Waals surface area contributed by atoms with Gasteiger partial charge in [-0.1, -0.05) is 31.9 Å². The molecule has 0 saturated carbocycles. The fourth-order valence-electron chi connectivity index (χ4n) is 2.15. The summed E-state index contributed by atoms with van der Waals surface area (Å²) in [6.07, 6.45) is 4.76. The number of aromatic nitrogens is 1. The van der Waals surface area contributed by atoms with Crippen molar-refractivity contribution in [1.29, 1.82) is 5.26 Å². The van der Waals surface area contributed by atoms with Crippen LogP contribution in [0.2, 0.25) is 0 Å². The standard InChI is InChI=1S/C18H20N4O/c1-2-3-6-10-21-18(23)17-12-15(9-11-20-17)22-16-8-5-4-7-14(16)13-19/h4-5,7-9,11-12H,2-3,6,10H2,1H3,(H,20,22)(H,21,23). The molecular weight excluding hydrogens is 288 g/mol. The second-order valence-electron chi connectivity index (χ2n) is 5.18. The number of rotatable bonds is 7. The van der Waals surface area contributed by atoms with Gasteiger partial charge in [-0.15, -0.1) is 0 Å². The van der Waals surface area contributed by atoms with Crippen molar-refractivity contribution in [3.8, 4) is 6.07 Å². The number of pyridine rings is 1. The first kappa shape index (κ1) is 16.5. The Morgan fingerprint density at radius 2 is 2.09 bits per heavy atom. The third-order valence-corrected chi connectivity index (χ3v) is 3.38. The molecule has 5 heteroatoms. The van der Waals surface area contributed by atoms with Gasteiger partial charge in [0, 0.05) is 18.4 Å². The third-order valence-electron chi connectivity index (χ3n) is 3.38. The van der Waals surface area contributed by atoms with E-state index in [9.17, 15) is 4.79 Å². The first-order chi connectivity index (χ1) is 11.2. The summed E-state index contributed by atoms with van der Waals surface area (Å²) >= 11 is 0. The minimum absolute atomic E-state index is 0.182. The topological polar surface area (TPSA) is 77.8 Å². The van der Waals surface area contributed by atoms with Gasteiger partial charge in [0.1, 0.15) is 11.8 Å². The minimum Gasteiger partial charge on any atom is -0.354 e. The summed E-state index contributed by atoms with van der Waals surface area (Å²) in [5.74, 6) is -0.182. The molecule has 0 bridgehead atoms. The Balaban J connectivity index is 2.05. The lowest BCUT2D eigenvalue weighted by molar-refractivity contribution is 0.0948. The van der Waals surface area contributed by atoms with Crippen molar-refractivity contribution in [3.63, 3.8) is 0 Å². The fraction of sp³-hybridized carbons (Fsp3) is 0.278. The molecule has 0 radical (unpaired) electrons. The molecular formula is C18H20N4O. The van der Waals surface area contributed by atoms with Gasteiger partial charge in [0.15, 0.2) is 0 Å². The Labute approximate surface area is 136 Å². The molecule has 1 aromatic heterocycles. The summed E-state index contributed by atoms with van der Waals surface area (Å²) in [6, 6.07) is 12.8. The van der Waals surface area contributed by atoms with Gasteiger partial charge in [-0.3, -0.25) is 9.78 Å². The van der Waals surface area contributed by atoms with Crippen LogP contribution in [-0.2, 0) is 0 Å².